The van der Waals surface area contributed by atoms with Crippen molar-refractivity contribution in [2.24, 2.45) is 5.92 Å². The first kappa shape index (κ1) is 32.7. The summed E-state index contributed by atoms with van der Waals surface area (Å²) in [5.74, 6) is -0.759. The molecule has 3 aromatic carbocycles. The van der Waals surface area contributed by atoms with Crippen LogP contribution in [-0.2, 0) is 32.6 Å². The van der Waals surface area contributed by atoms with E-state index in [-0.39, 0.29) is 30.5 Å². The molecule has 220 valence electrons. The molecular formula is C30H34Cl3N3O4S. The van der Waals surface area contributed by atoms with Crippen LogP contribution in [0.5, 0.6) is 0 Å². The SMILES string of the molecule is Cc1ccc(Cl)cc1N(CC(=O)N(Cc1ccc(Cl)cc1Cl)C(Cc1ccccc1)C(=O)NCC(C)C)S(C)(=O)=O. The third-order valence-corrected chi connectivity index (χ3v) is 8.38. The van der Waals surface area contributed by atoms with Gasteiger partial charge in [-0.25, -0.2) is 8.42 Å². The molecule has 2 amide bonds. The molecule has 0 saturated heterocycles. The second kappa shape index (κ2) is 14.4. The molecule has 0 aliphatic carbocycles. The van der Waals surface area contributed by atoms with Crippen molar-refractivity contribution in [1.82, 2.24) is 10.2 Å². The van der Waals surface area contributed by atoms with E-state index in [0.29, 0.717) is 32.7 Å². The fourth-order valence-electron chi connectivity index (χ4n) is 4.26. The Morgan fingerprint density at radius 1 is 0.927 bits per heavy atom. The highest BCUT2D eigenvalue weighted by Crippen LogP contribution is 2.28. The minimum atomic E-state index is -3.92. The molecule has 0 saturated carbocycles. The number of hydrogen-bond donors (Lipinski definition) is 1. The van der Waals surface area contributed by atoms with Gasteiger partial charge in [0.15, 0.2) is 0 Å². The molecule has 3 aromatic rings. The van der Waals surface area contributed by atoms with Crippen LogP contribution in [0, 0.1) is 12.8 Å². The average molecular weight is 639 g/mol. The minimum absolute atomic E-state index is 0.0481. The summed E-state index contributed by atoms with van der Waals surface area (Å²) in [7, 11) is -3.92. The lowest BCUT2D eigenvalue weighted by Gasteiger charge is -2.34. The molecule has 0 aliphatic rings. The third-order valence-electron chi connectivity index (χ3n) is 6.43. The van der Waals surface area contributed by atoms with Crippen molar-refractivity contribution in [3.8, 4) is 0 Å². The van der Waals surface area contributed by atoms with E-state index in [2.05, 4.69) is 5.32 Å². The summed E-state index contributed by atoms with van der Waals surface area (Å²) >= 11 is 18.8. The maximum absolute atomic E-state index is 14.2. The molecule has 0 aliphatic heterocycles. The van der Waals surface area contributed by atoms with Crippen LogP contribution < -0.4 is 9.62 Å². The second-order valence-electron chi connectivity index (χ2n) is 10.3. The van der Waals surface area contributed by atoms with Crippen LogP contribution in [0.2, 0.25) is 15.1 Å². The normalized spacial score (nSPS) is 12.2. The predicted molar refractivity (Wildman–Crippen MR) is 167 cm³/mol. The van der Waals surface area contributed by atoms with Gasteiger partial charge in [-0.05, 0) is 53.8 Å². The highest BCUT2D eigenvalue weighted by Gasteiger charge is 2.33. The zero-order valence-corrected chi connectivity index (χ0v) is 26.5. The number of benzene rings is 3. The van der Waals surface area contributed by atoms with Gasteiger partial charge in [0.1, 0.15) is 12.6 Å². The van der Waals surface area contributed by atoms with Gasteiger partial charge in [0.2, 0.25) is 21.8 Å². The molecule has 0 aromatic heterocycles. The largest absolute Gasteiger partial charge is 0.354 e. The first-order valence-electron chi connectivity index (χ1n) is 13.0. The van der Waals surface area contributed by atoms with Gasteiger partial charge >= 0.3 is 0 Å². The lowest BCUT2D eigenvalue weighted by molar-refractivity contribution is -0.140. The molecule has 0 spiro atoms. The minimum Gasteiger partial charge on any atom is -0.354 e. The summed E-state index contributed by atoms with van der Waals surface area (Å²) in [4.78, 5) is 29.2. The number of nitrogens with one attached hydrogen (secondary N) is 1. The van der Waals surface area contributed by atoms with Crippen LogP contribution in [-0.4, -0.2) is 50.5 Å². The highest BCUT2D eigenvalue weighted by atomic mass is 35.5. The van der Waals surface area contributed by atoms with Crippen LogP contribution >= 0.6 is 34.8 Å². The Bertz CT molecular complexity index is 1480. The fraction of sp³-hybridized carbons (Fsp3) is 0.333. The number of carbonyl (C=O) groups excluding carboxylic acids is 2. The lowest BCUT2D eigenvalue weighted by Crippen LogP contribution is -2.53. The van der Waals surface area contributed by atoms with Crippen molar-refractivity contribution in [2.75, 3.05) is 23.7 Å². The van der Waals surface area contributed by atoms with E-state index < -0.39 is 28.5 Å². The van der Waals surface area contributed by atoms with Gasteiger partial charge in [0, 0.05) is 34.6 Å². The molecule has 1 unspecified atom stereocenters. The monoisotopic (exact) mass is 637 g/mol. The van der Waals surface area contributed by atoms with E-state index in [4.69, 9.17) is 34.8 Å². The maximum atomic E-state index is 14.2. The van der Waals surface area contributed by atoms with Crippen molar-refractivity contribution in [3.63, 3.8) is 0 Å². The number of hydrogen-bond acceptors (Lipinski definition) is 4. The Morgan fingerprint density at radius 2 is 1.56 bits per heavy atom. The third kappa shape index (κ3) is 9.36. The smallest absolute Gasteiger partial charge is 0.244 e. The van der Waals surface area contributed by atoms with E-state index in [0.717, 1.165) is 16.1 Å². The molecule has 0 bridgehead atoms. The van der Waals surface area contributed by atoms with Gasteiger partial charge in [-0.3, -0.25) is 13.9 Å². The zero-order chi connectivity index (χ0) is 30.3. The van der Waals surface area contributed by atoms with E-state index >= 15 is 0 Å². The number of sulfonamides is 1. The first-order valence-corrected chi connectivity index (χ1v) is 16.0. The Labute approximate surface area is 257 Å². The van der Waals surface area contributed by atoms with Crippen molar-refractivity contribution in [3.05, 3.63) is 98.5 Å². The molecule has 1 N–H and O–H groups in total. The zero-order valence-electron chi connectivity index (χ0n) is 23.4. The van der Waals surface area contributed by atoms with Gasteiger partial charge < -0.3 is 10.2 Å². The Hall–Kier alpha value is -2.78. The van der Waals surface area contributed by atoms with Crippen molar-refractivity contribution in [1.29, 1.82) is 0 Å². The highest BCUT2D eigenvalue weighted by molar-refractivity contribution is 7.92. The maximum Gasteiger partial charge on any atom is 0.244 e. The molecule has 7 nitrogen and oxygen atoms in total. The standard InChI is InChI=1S/C30H34Cl3N3O4S/c1-20(2)17-34-30(38)28(14-22-8-6-5-7-9-22)35(18-23-11-13-24(31)15-26(23)33)29(37)19-36(41(4,39)40)27-16-25(32)12-10-21(27)3/h5-13,15-16,20,28H,14,17-19H2,1-4H3,(H,34,38). The quantitative estimate of drug-likeness (QED) is 0.259. The van der Waals surface area contributed by atoms with Crippen LogP contribution in [0.4, 0.5) is 5.69 Å². The van der Waals surface area contributed by atoms with Gasteiger partial charge in [-0.2, -0.15) is 0 Å². The van der Waals surface area contributed by atoms with E-state index in [9.17, 15) is 18.0 Å². The number of carbonyl (C=O) groups is 2. The van der Waals surface area contributed by atoms with Crippen LogP contribution in [0.3, 0.4) is 0 Å². The number of amides is 2. The summed E-state index contributed by atoms with van der Waals surface area (Å²) in [5, 5.41) is 4.01. The van der Waals surface area contributed by atoms with Crippen molar-refractivity contribution in [2.45, 2.75) is 39.8 Å². The van der Waals surface area contributed by atoms with Gasteiger partial charge in [-0.15, -0.1) is 0 Å². The van der Waals surface area contributed by atoms with Crippen molar-refractivity contribution >= 4 is 62.3 Å². The summed E-state index contributed by atoms with van der Waals surface area (Å²) in [6, 6.07) is 18.1. The lowest BCUT2D eigenvalue weighted by atomic mass is 10.0. The Balaban J connectivity index is 2.10. The second-order valence-corrected chi connectivity index (χ2v) is 13.5. The summed E-state index contributed by atoms with van der Waals surface area (Å²) in [6.07, 6.45) is 1.23. The summed E-state index contributed by atoms with van der Waals surface area (Å²) in [6.45, 7) is 5.49. The molecule has 1 atom stereocenters. The van der Waals surface area contributed by atoms with Crippen LogP contribution in [0.15, 0.2) is 66.7 Å². The topological polar surface area (TPSA) is 86.8 Å². The van der Waals surface area contributed by atoms with Crippen LogP contribution in [0.1, 0.15) is 30.5 Å². The molecule has 0 heterocycles. The van der Waals surface area contributed by atoms with Gasteiger partial charge in [0.05, 0.1) is 11.9 Å². The fourth-order valence-corrected chi connectivity index (χ4v) is 5.79. The molecule has 0 fully saturated rings. The van der Waals surface area contributed by atoms with E-state index in [1.165, 1.54) is 11.0 Å². The average Bonchev–Trinajstić information content (AvgIpc) is 2.90. The molecule has 3 rings (SSSR count). The van der Waals surface area contributed by atoms with Crippen molar-refractivity contribution < 1.29 is 18.0 Å². The molecule has 0 radical (unpaired) electrons. The number of nitrogens with zero attached hydrogens (tertiary/aromatic N) is 2. The Kier molecular flexibility index (Phi) is 11.5. The number of aryl methyl sites for hydroxylation is 1. The number of halogens is 3. The predicted octanol–water partition coefficient (Wildman–Crippen LogP) is 6.13. The first-order chi connectivity index (χ1) is 19.3. The van der Waals surface area contributed by atoms with E-state index in [1.807, 2.05) is 44.2 Å². The molecule has 11 heteroatoms. The van der Waals surface area contributed by atoms with E-state index in [1.54, 1.807) is 37.3 Å². The van der Waals surface area contributed by atoms with Gasteiger partial charge in [-0.1, -0.05) is 91.1 Å². The summed E-state index contributed by atoms with van der Waals surface area (Å²) in [5.41, 5.74) is 2.30. The number of anilines is 1. The van der Waals surface area contributed by atoms with Crippen LogP contribution in [0.25, 0.3) is 0 Å². The Morgan fingerprint density at radius 3 is 2.17 bits per heavy atom. The summed E-state index contributed by atoms with van der Waals surface area (Å²) < 4.78 is 27.0. The molecular weight excluding hydrogens is 605 g/mol. The number of rotatable bonds is 12. The molecule has 41 heavy (non-hydrogen) atoms. The van der Waals surface area contributed by atoms with Gasteiger partial charge in [0.25, 0.3) is 0 Å².